The highest BCUT2D eigenvalue weighted by atomic mass is 19.1. The van der Waals surface area contributed by atoms with E-state index >= 15 is 0 Å². The fourth-order valence-electron chi connectivity index (χ4n) is 4.31. The van der Waals surface area contributed by atoms with Crippen molar-refractivity contribution in [2.75, 3.05) is 25.2 Å². The number of benzene rings is 2. The molecule has 0 radical (unpaired) electrons. The highest BCUT2D eigenvalue weighted by Gasteiger charge is 2.29. The van der Waals surface area contributed by atoms with Crippen LogP contribution in [0.15, 0.2) is 66.7 Å². The van der Waals surface area contributed by atoms with Crippen LogP contribution in [-0.2, 0) is 11.3 Å². The summed E-state index contributed by atoms with van der Waals surface area (Å²) in [6, 6.07) is 20.1. The van der Waals surface area contributed by atoms with Gasteiger partial charge in [0, 0.05) is 24.9 Å². The summed E-state index contributed by atoms with van der Waals surface area (Å²) in [5.74, 6) is -0.0971. The maximum Gasteiger partial charge on any atom is 0.262 e. The van der Waals surface area contributed by atoms with Gasteiger partial charge in [-0.05, 0) is 55.0 Å². The summed E-state index contributed by atoms with van der Waals surface area (Å²) in [7, 11) is 1.47. The topological polar surface area (TPSA) is 51.7 Å². The lowest BCUT2D eigenvalue weighted by Crippen LogP contribution is -2.40. The number of pyridine rings is 1. The number of ether oxygens (including phenoxy) is 2. The molecular weight excluding hydrogens is 467 g/mol. The minimum Gasteiger partial charge on any atom is -0.497 e. The zero-order valence-corrected chi connectivity index (χ0v) is 22.5. The number of amides is 1. The molecule has 0 unspecified atom stereocenters. The van der Waals surface area contributed by atoms with Crippen LogP contribution >= 0.6 is 0 Å². The number of methoxy groups -OCH3 is 1. The number of hydrogen-bond acceptors (Lipinski definition) is 4. The average molecular weight is 507 g/mol. The van der Waals surface area contributed by atoms with Gasteiger partial charge in [0.15, 0.2) is 0 Å². The van der Waals surface area contributed by atoms with Crippen LogP contribution in [0.3, 0.4) is 0 Å². The van der Waals surface area contributed by atoms with Gasteiger partial charge in [0.25, 0.3) is 5.91 Å². The number of nitrogens with zero attached hydrogens (tertiary/aromatic N) is 2. The first-order valence-electron chi connectivity index (χ1n) is 13.0. The Kier molecular flexibility index (Phi) is 10.6. The predicted molar refractivity (Wildman–Crippen MR) is 147 cm³/mol. The van der Waals surface area contributed by atoms with Crippen LogP contribution in [-0.4, -0.2) is 31.2 Å². The van der Waals surface area contributed by atoms with Crippen LogP contribution in [0.5, 0.6) is 5.75 Å². The van der Waals surface area contributed by atoms with Crippen LogP contribution in [0.1, 0.15) is 67.6 Å². The van der Waals surface area contributed by atoms with Crippen molar-refractivity contribution in [2.24, 2.45) is 5.41 Å². The number of aromatic nitrogens is 1. The maximum absolute atomic E-state index is 14.8. The number of hydrogen-bond donors (Lipinski definition) is 0. The van der Waals surface area contributed by atoms with Crippen molar-refractivity contribution in [1.82, 2.24) is 4.98 Å². The van der Waals surface area contributed by atoms with Gasteiger partial charge in [-0.3, -0.25) is 9.69 Å². The number of aryl methyl sites for hydroxylation is 1. The third kappa shape index (κ3) is 8.97. The van der Waals surface area contributed by atoms with Crippen molar-refractivity contribution < 1.29 is 18.7 Å². The van der Waals surface area contributed by atoms with Gasteiger partial charge < -0.3 is 9.47 Å². The first-order valence-corrected chi connectivity index (χ1v) is 13.0. The number of halogens is 1. The second-order valence-corrected chi connectivity index (χ2v) is 10.2. The van der Waals surface area contributed by atoms with E-state index in [-0.39, 0.29) is 11.0 Å². The second kappa shape index (κ2) is 13.9. The Morgan fingerprint density at radius 1 is 0.973 bits per heavy atom. The van der Waals surface area contributed by atoms with Crippen LogP contribution in [0, 0.1) is 18.2 Å². The molecule has 0 N–H and O–H groups in total. The molecule has 0 saturated heterocycles. The van der Waals surface area contributed by atoms with Gasteiger partial charge in [-0.15, -0.1) is 0 Å². The van der Waals surface area contributed by atoms with Crippen LogP contribution in [0.2, 0.25) is 0 Å². The van der Waals surface area contributed by atoms with E-state index < -0.39 is 11.7 Å². The predicted octanol–water partition coefficient (Wildman–Crippen LogP) is 7.38. The summed E-state index contributed by atoms with van der Waals surface area (Å²) in [6.07, 6.45) is 5.22. The summed E-state index contributed by atoms with van der Waals surface area (Å²) >= 11 is 0. The molecular formula is C31H39FN2O3. The molecule has 37 heavy (non-hydrogen) atoms. The SMILES string of the molecule is COc1ccc(C(=O)N(CC(C)(C)CCCCCCOCc2ccccc2)c2cccc(C)n2)c(F)c1. The summed E-state index contributed by atoms with van der Waals surface area (Å²) in [4.78, 5) is 19.7. The molecule has 0 bridgehead atoms. The molecule has 3 aromatic rings. The molecule has 1 heterocycles. The molecule has 0 fully saturated rings. The minimum absolute atomic E-state index is 0.00964. The summed E-state index contributed by atoms with van der Waals surface area (Å²) < 4.78 is 25.7. The lowest BCUT2D eigenvalue weighted by molar-refractivity contribution is 0.0969. The van der Waals surface area contributed by atoms with Gasteiger partial charge in [-0.25, -0.2) is 9.37 Å². The van der Waals surface area contributed by atoms with Crippen molar-refractivity contribution in [2.45, 2.75) is 59.5 Å². The van der Waals surface area contributed by atoms with Crippen LogP contribution < -0.4 is 9.64 Å². The Hall–Kier alpha value is -3.25. The van der Waals surface area contributed by atoms with E-state index in [0.717, 1.165) is 44.4 Å². The van der Waals surface area contributed by atoms with Crippen LogP contribution in [0.4, 0.5) is 10.2 Å². The van der Waals surface area contributed by atoms with E-state index in [1.807, 2.05) is 37.3 Å². The molecule has 6 heteroatoms. The lowest BCUT2D eigenvalue weighted by Gasteiger charge is -2.32. The summed E-state index contributed by atoms with van der Waals surface area (Å²) in [5, 5.41) is 0. The highest BCUT2D eigenvalue weighted by molar-refractivity contribution is 6.05. The average Bonchev–Trinajstić information content (AvgIpc) is 2.89. The third-order valence-corrected chi connectivity index (χ3v) is 6.39. The van der Waals surface area contributed by atoms with Crippen molar-refractivity contribution in [3.8, 4) is 5.75 Å². The molecule has 0 aliphatic carbocycles. The Morgan fingerprint density at radius 3 is 2.43 bits per heavy atom. The van der Waals surface area contributed by atoms with E-state index in [2.05, 4.69) is 31.0 Å². The van der Waals surface area contributed by atoms with Gasteiger partial charge in [0.05, 0.1) is 19.3 Å². The molecule has 1 aromatic heterocycles. The summed E-state index contributed by atoms with van der Waals surface area (Å²) in [6.45, 7) is 8.03. The zero-order valence-electron chi connectivity index (χ0n) is 22.5. The molecule has 3 rings (SSSR count). The van der Waals surface area contributed by atoms with Crippen molar-refractivity contribution in [1.29, 1.82) is 0 Å². The summed E-state index contributed by atoms with van der Waals surface area (Å²) in [5.41, 5.74) is 1.84. The van der Waals surface area contributed by atoms with E-state index in [4.69, 9.17) is 9.47 Å². The Labute approximate surface area is 220 Å². The van der Waals surface area contributed by atoms with E-state index in [1.54, 1.807) is 17.0 Å². The molecule has 0 saturated carbocycles. The number of anilines is 1. The van der Waals surface area contributed by atoms with Crippen LogP contribution in [0.25, 0.3) is 0 Å². The number of carbonyl (C=O) groups is 1. The smallest absolute Gasteiger partial charge is 0.262 e. The van der Waals surface area contributed by atoms with Gasteiger partial charge in [0.2, 0.25) is 0 Å². The maximum atomic E-state index is 14.8. The molecule has 198 valence electrons. The van der Waals surface area contributed by atoms with E-state index in [0.29, 0.717) is 24.7 Å². The quantitative estimate of drug-likeness (QED) is 0.214. The van der Waals surface area contributed by atoms with Crippen molar-refractivity contribution >= 4 is 11.7 Å². The van der Waals surface area contributed by atoms with E-state index in [1.165, 1.54) is 24.8 Å². The first kappa shape index (κ1) is 28.3. The molecule has 0 atom stereocenters. The second-order valence-electron chi connectivity index (χ2n) is 10.2. The molecule has 1 amide bonds. The van der Waals surface area contributed by atoms with Gasteiger partial charge in [0.1, 0.15) is 17.4 Å². The number of unbranched alkanes of at least 4 members (excludes halogenated alkanes) is 3. The van der Waals surface area contributed by atoms with Gasteiger partial charge in [-0.2, -0.15) is 0 Å². The molecule has 2 aromatic carbocycles. The lowest BCUT2D eigenvalue weighted by atomic mass is 9.86. The fourth-order valence-corrected chi connectivity index (χ4v) is 4.31. The molecule has 0 spiro atoms. The molecule has 5 nitrogen and oxygen atoms in total. The largest absolute Gasteiger partial charge is 0.497 e. The third-order valence-electron chi connectivity index (χ3n) is 6.39. The normalized spacial score (nSPS) is 11.4. The standard InChI is InChI=1S/C31H39FN2O3/c1-24-13-12-16-29(33-24)34(30(35)27-18-17-26(36-4)21-28(27)32)23-31(2,3)19-10-5-6-11-20-37-22-25-14-8-7-9-15-25/h7-9,12-18,21H,5-6,10-11,19-20,22-23H2,1-4H3. The Bertz CT molecular complexity index is 1130. The van der Waals surface area contributed by atoms with Gasteiger partial charge in [-0.1, -0.05) is 69.5 Å². The monoisotopic (exact) mass is 506 g/mol. The highest BCUT2D eigenvalue weighted by Crippen LogP contribution is 2.29. The fraction of sp³-hybridized carbons (Fsp3) is 0.419. The number of rotatable bonds is 14. The minimum atomic E-state index is -0.603. The molecule has 0 aliphatic rings. The zero-order chi connectivity index (χ0) is 26.7. The Morgan fingerprint density at radius 2 is 1.73 bits per heavy atom. The van der Waals surface area contributed by atoms with Crippen molar-refractivity contribution in [3.63, 3.8) is 0 Å². The van der Waals surface area contributed by atoms with E-state index in [9.17, 15) is 9.18 Å². The van der Waals surface area contributed by atoms with Gasteiger partial charge >= 0.3 is 0 Å². The Balaban J connectivity index is 1.55. The first-order chi connectivity index (χ1) is 17.8. The van der Waals surface area contributed by atoms with Crippen molar-refractivity contribution in [3.05, 3.63) is 89.4 Å². The number of carbonyl (C=O) groups excluding carboxylic acids is 1. The molecule has 0 aliphatic heterocycles.